The molecule has 1 heterocycles. The number of nitro benzene ring substituents is 1. The molecule has 2 rings (SSSR count). The molecular weight excluding hydrogens is 344 g/mol. The van der Waals surface area contributed by atoms with E-state index in [1.54, 1.807) is 11.2 Å². The van der Waals surface area contributed by atoms with Crippen LogP contribution in [0.4, 0.5) is 5.69 Å². The van der Waals surface area contributed by atoms with E-state index in [1.165, 1.54) is 36.4 Å². The molecule has 1 aliphatic heterocycles. The van der Waals surface area contributed by atoms with Crippen molar-refractivity contribution in [2.75, 3.05) is 26.0 Å². The normalized spacial score (nSPS) is 15.2. The minimum Gasteiger partial charge on any atom is -0.452 e. The van der Waals surface area contributed by atoms with Gasteiger partial charge in [0.2, 0.25) is 0 Å². The number of thioether (sulfide) groups is 1. The van der Waals surface area contributed by atoms with Crippen LogP contribution in [0.15, 0.2) is 23.1 Å². The van der Waals surface area contributed by atoms with E-state index < -0.39 is 10.9 Å². The number of hydrogen-bond donors (Lipinski definition) is 0. The molecule has 1 amide bonds. The summed E-state index contributed by atoms with van der Waals surface area (Å²) in [6.45, 7) is 1.03. The van der Waals surface area contributed by atoms with Crippen molar-refractivity contribution in [1.29, 1.82) is 0 Å². The van der Waals surface area contributed by atoms with Crippen molar-refractivity contribution >= 4 is 29.3 Å². The van der Waals surface area contributed by atoms with Gasteiger partial charge in [0, 0.05) is 19.2 Å². The number of likely N-dealkylation sites (tertiary alicyclic amines) is 1. The van der Waals surface area contributed by atoms with Crippen molar-refractivity contribution in [3.05, 3.63) is 33.9 Å². The molecule has 1 fully saturated rings. The second kappa shape index (κ2) is 9.41. The topological polar surface area (TPSA) is 89.8 Å². The maximum Gasteiger partial charge on any atom is 0.338 e. The van der Waals surface area contributed by atoms with Gasteiger partial charge in [-0.25, -0.2) is 4.79 Å². The van der Waals surface area contributed by atoms with E-state index in [0.717, 1.165) is 25.7 Å². The lowest BCUT2D eigenvalue weighted by Gasteiger charge is -2.24. The minimum absolute atomic E-state index is 0.0740. The number of nitro groups is 1. The van der Waals surface area contributed by atoms with E-state index >= 15 is 0 Å². The Bertz CT molecular complexity index is 642. The zero-order chi connectivity index (χ0) is 18.2. The number of esters is 1. The van der Waals surface area contributed by atoms with Crippen molar-refractivity contribution in [3.63, 3.8) is 0 Å². The fourth-order valence-electron chi connectivity index (χ4n) is 2.76. The van der Waals surface area contributed by atoms with Crippen molar-refractivity contribution in [2.24, 2.45) is 0 Å². The zero-order valence-electron chi connectivity index (χ0n) is 14.2. The molecule has 0 aliphatic carbocycles. The van der Waals surface area contributed by atoms with Crippen molar-refractivity contribution in [1.82, 2.24) is 4.90 Å². The zero-order valence-corrected chi connectivity index (χ0v) is 15.0. The van der Waals surface area contributed by atoms with E-state index in [2.05, 4.69) is 0 Å². The summed E-state index contributed by atoms with van der Waals surface area (Å²) in [5.74, 6) is -0.943. The Hall–Kier alpha value is -2.09. The van der Waals surface area contributed by atoms with Crippen molar-refractivity contribution in [3.8, 4) is 0 Å². The molecule has 0 aromatic heterocycles. The lowest BCUT2D eigenvalue weighted by molar-refractivity contribution is -0.387. The maximum atomic E-state index is 12.2. The first-order valence-corrected chi connectivity index (χ1v) is 9.52. The number of amides is 1. The molecule has 1 aromatic rings. The molecule has 8 heteroatoms. The van der Waals surface area contributed by atoms with E-state index in [1.807, 2.05) is 0 Å². The predicted molar refractivity (Wildman–Crippen MR) is 94.8 cm³/mol. The largest absolute Gasteiger partial charge is 0.452 e. The van der Waals surface area contributed by atoms with E-state index in [0.29, 0.717) is 18.0 Å². The summed E-state index contributed by atoms with van der Waals surface area (Å²) < 4.78 is 5.06. The van der Waals surface area contributed by atoms with Crippen LogP contribution < -0.4 is 0 Å². The summed E-state index contributed by atoms with van der Waals surface area (Å²) in [5.41, 5.74) is -0.0676. The van der Waals surface area contributed by atoms with Crippen LogP contribution in [-0.2, 0) is 9.53 Å². The highest BCUT2D eigenvalue weighted by Gasteiger charge is 2.20. The second-order valence-electron chi connectivity index (χ2n) is 5.87. The SMILES string of the molecule is CSc1ccc(C(=O)OCC(=O)N2CCCCCCC2)cc1[N+](=O)[O-]. The average Bonchev–Trinajstić information content (AvgIpc) is 2.58. The highest BCUT2D eigenvalue weighted by Crippen LogP contribution is 2.28. The Balaban J connectivity index is 1.96. The van der Waals surface area contributed by atoms with Gasteiger partial charge in [-0.3, -0.25) is 14.9 Å². The third kappa shape index (κ3) is 5.45. The molecule has 0 bridgehead atoms. The Morgan fingerprint density at radius 1 is 1.20 bits per heavy atom. The number of nitrogens with zero attached hydrogens (tertiary/aromatic N) is 2. The van der Waals surface area contributed by atoms with E-state index in [4.69, 9.17) is 4.74 Å². The Labute approximate surface area is 150 Å². The first-order chi connectivity index (χ1) is 12.0. The van der Waals surface area contributed by atoms with Crippen LogP contribution in [0.5, 0.6) is 0 Å². The van der Waals surface area contributed by atoms with Crippen LogP contribution in [0, 0.1) is 10.1 Å². The van der Waals surface area contributed by atoms with Gasteiger partial charge in [-0.05, 0) is 31.2 Å². The summed E-state index contributed by atoms with van der Waals surface area (Å²) in [6, 6.07) is 4.18. The van der Waals surface area contributed by atoms with Gasteiger partial charge in [-0.15, -0.1) is 11.8 Å². The number of benzene rings is 1. The Kier molecular flexibility index (Phi) is 7.24. The summed E-state index contributed by atoms with van der Waals surface area (Å²) >= 11 is 1.23. The van der Waals surface area contributed by atoms with Crippen LogP contribution in [0.1, 0.15) is 42.5 Å². The van der Waals surface area contributed by atoms with Crippen molar-refractivity contribution < 1.29 is 19.2 Å². The van der Waals surface area contributed by atoms with Gasteiger partial charge in [0.1, 0.15) is 0 Å². The van der Waals surface area contributed by atoms with E-state index in [-0.39, 0.29) is 23.8 Å². The van der Waals surface area contributed by atoms with Crippen LogP contribution in [0.3, 0.4) is 0 Å². The summed E-state index contributed by atoms with van der Waals surface area (Å²) in [7, 11) is 0. The van der Waals surface area contributed by atoms with Gasteiger partial charge in [0.25, 0.3) is 11.6 Å². The van der Waals surface area contributed by atoms with Crippen molar-refractivity contribution in [2.45, 2.75) is 37.0 Å². The molecule has 1 aromatic carbocycles. The number of hydrogen-bond acceptors (Lipinski definition) is 6. The van der Waals surface area contributed by atoms with Crippen LogP contribution in [0.25, 0.3) is 0 Å². The van der Waals surface area contributed by atoms with Crippen LogP contribution >= 0.6 is 11.8 Å². The summed E-state index contributed by atoms with van der Waals surface area (Å²) in [4.78, 5) is 37.1. The smallest absolute Gasteiger partial charge is 0.338 e. The second-order valence-corrected chi connectivity index (χ2v) is 6.72. The number of carbonyl (C=O) groups is 2. The Morgan fingerprint density at radius 3 is 2.44 bits per heavy atom. The molecular formula is C17H22N2O5S. The molecule has 136 valence electrons. The first kappa shape index (κ1) is 19.2. The van der Waals surface area contributed by atoms with Gasteiger partial charge in [-0.2, -0.15) is 0 Å². The number of rotatable bonds is 5. The highest BCUT2D eigenvalue weighted by atomic mass is 32.2. The van der Waals surface area contributed by atoms with Crippen LogP contribution in [-0.4, -0.2) is 47.7 Å². The summed E-state index contributed by atoms with van der Waals surface area (Å²) in [5, 5.41) is 11.1. The average molecular weight is 366 g/mol. The monoisotopic (exact) mass is 366 g/mol. The predicted octanol–water partition coefficient (Wildman–Crippen LogP) is 3.27. The maximum absolute atomic E-state index is 12.2. The molecule has 7 nitrogen and oxygen atoms in total. The highest BCUT2D eigenvalue weighted by molar-refractivity contribution is 7.98. The lowest BCUT2D eigenvalue weighted by atomic mass is 10.1. The van der Waals surface area contributed by atoms with Crippen LogP contribution in [0.2, 0.25) is 0 Å². The Morgan fingerprint density at radius 2 is 1.84 bits per heavy atom. The molecule has 0 atom stereocenters. The van der Waals surface area contributed by atoms with E-state index in [9.17, 15) is 19.7 Å². The summed E-state index contributed by atoms with van der Waals surface area (Å²) in [6.07, 6.45) is 7.05. The molecule has 25 heavy (non-hydrogen) atoms. The molecule has 0 unspecified atom stereocenters. The molecule has 0 radical (unpaired) electrons. The van der Waals surface area contributed by atoms with Gasteiger partial charge in [-0.1, -0.05) is 19.3 Å². The molecule has 0 N–H and O–H groups in total. The quantitative estimate of drug-likeness (QED) is 0.344. The third-order valence-corrected chi connectivity index (χ3v) is 4.93. The third-order valence-electron chi connectivity index (χ3n) is 4.15. The molecule has 1 saturated heterocycles. The fraction of sp³-hybridized carbons (Fsp3) is 0.529. The van der Waals surface area contributed by atoms with Gasteiger partial charge in [0.15, 0.2) is 6.61 Å². The fourth-order valence-corrected chi connectivity index (χ4v) is 3.31. The molecule has 1 aliphatic rings. The lowest BCUT2D eigenvalue weighted by Crippen LogP contribution is -2.36. The minimum atomic E-state index is -0.726. The molecule has 0 saturated carbocycles. The first-order valence-electron chi connectivity index (χ1n) is 8.30. The molecule has 0 spiro atoms. The van der Waals surface area contributed by atoms with Gasteiger partial charge < -0.3 is 9.64 Å². The number of carbonyl (C=O) groups excluding carboxylic acids is 2. The number of ether oxygens (including phenoxy) is 1. The van der Waals surface area contributed by atoms with Gasteiger partial charge in [0.05, 0.1) is 15.4 Å². The standard InChI is InChI=1S/C17H22N2O5S/c1-25-15-8-7-13(11-14(15)19(22)23)17(21)24-12-16(20)18-9-5-3-2-4-6-10-18/h7-8,11H,2-6,9-10,12H2,1H3. The van der Waals surface area contributed by atoms with Gasteiger partial charge >= 0.3 is 5.97 Å².